The minimum Gasteiger partial charge on any atom is -0.444 e. The highest BCUT2D eigenvalue weighted by atomic mass is 35.5. The summed E-state index contributed by atoms with van der Waals surface area (Å²) in [6.45, 7) is 1.21. The summed E-state index contributed by atoms with van der Waals surface area (Å²) in [7, 11) is 0. The van der Waals surface area contributed by atoms with Gasteiger partial charge in [-0.05, 0) is 55.8 Å². The van der Waals surface area contributed by atoms with Gasteiger partial charge >= 0.3 is 6.09 Å². The summed E-state index contributed by atoms with van der Waals surface area (Å²) in [6.07, 6.45) is 8.24. The molecule has 1 amide bonds. The van der Waals surface area contributed by atoms with E-state index in [2.05, 4.69) is 15.5 Å². The molecule has 2 N–H and O–H groups in total. The number of nitrogens with one attached hydrogen (secondary N) is 2. The molecule has 1 aliphatic heterocycles. The van der Waals surface area contributed by atoms with Crippen molar-refractivity contribution in [3.63, 3.8) is 0 Å². The van der Waals surface area contributed by atoms with Gasteiger partial charge in [-0.2, -0.15) is 5.10 Å². The van der Waals surface area contributed by atoms with Crippen molar-refractivity contribution >= 4 is 23.4 Å². The third-order valence-corrected chi connectivity index (χ3v) is 7.41. The zero-order chi connectivity index (χ0) is 18.5. The van der Waals surface area contributed by atoms with Gasteiger partial charge in [-0.15, -0.1) is 0 Å². The molecule has 27 heavy (non-hydrogen) atoms. The summed E-state index contributed by atoms with van der Waals surface area (Å²) >= 11 is 6.08. The molecule has 0 spiro atoms. The number of alkyl carbamates (subject to hydrolysis) is 1. The smallest absolute Gasteiger partial charge is 0.407 e. The summed E-state index contributed by atoms with van der Waals surface area (Å²) in [5, 5.41) is 9.45. The molecule has 1 unspecified atom stereocenters. The number of halogens is 1. The molecular formula is C19H25ClN4O3. The zero-order valence-corrected chi connectivity index (χ0v) is 16.0. The van der Waals surface area contributed by atoms with Crippen molar-refractivity contribution in [1.82, 2.24) is 15.5 Å². The van der Waals surface area contributed by atoms with Crippen LogP contribution in [-0.4, -0.2) is 41.5 Å². The highest BCUT2D eigenvalue weighted by Gasteiger charge is 2.48. The molecule has 6 rings (SSSR count). The van der Waals surface area contributed by atoms with Gasteiger partial charge in [-0.3, -0.25) is 4.79 Å². The molecular weight excluding hydrogens is 368 g/mol. The number of amides is 1. The van der Waals surface area contributed by atoms with Gasteiger partial charge in [0.05, 0.1) is 18.4 Å². The first-order valence-electron chi connectivity index (χ1n) is 10.0. The Hall–Kier alpha value is -1.76. The van der Waals surface area contributed by atoms with Gasteiger partial charge in [0.1, 0.15) is 11.1 Å². The average molecular weight is 393 g/mol. The van der Waals surface area contributed by atoms with E-state index in [4.69, 9.17) is 16.3 Å². The van der Waals surface area contributed by atoms with E-state index in [1.807, 2.05) is 4.90 Å². The van der Waals surface area contributed by atoms with Crippen molar-refractivity contribution in [2.24, 2.45) is 23.7 Å². The fraction of sp³-hybridized carbons (Fsp3) is 0.737. The first kappa shape index (κ1) is 17.3. The molecule has 0 radical (unpaired) electrons. The summed E-state index contributed by atoms with van der Waals surface area (Å²) < 4.78 is 5.70. The maximum absolute atomic E-state index is 12.5. The van der Waals surface area contributed by atoms with E-state index >= 15 is 0 Å². The lowest BCUT2D eigenvalue weighted by atomic mass is 9.54. The molecule has 5 fully saturated rings. The molecule has 1 aromatic heterocycles. The lowest BCUT2D eigenvalue weighted by Crippen LogP contribution is -2.56. The van der Waals surface area contributed by atoms with Crippen molar-refractivity contribution in [3.05, 3.63) is 21.6 Å². The SMILES string of the molecule is O=C(NC1C2CC3CC(C2)CC1C3)OC1CCN(c2cn[nH]c(=O)c2Cl)C1. The molecule has 5 aliphatic rings. The van der Waals surface area contributed by atoms with Crippen LogP contribution in [0, 0.1) is 23.7 Å². The number of anilines is 1. The Kier molecular flexibility index (Phi) is 4.30. The monoisotopic (exact) mass is 392 g/mol. The summed E-state index contributed by atoms with van der Waals surface area (Å²) in [4.78, 5) is 26.1. The molecule has 146 valence electrons. The number of hydrogen-bond acceptors (Lipinski definition) is 5. The number of aromatic amines is 1. The van der Waals surface area contributed by atoms with E-state index < -0.39 is 5.56 Å². The zero-order valence-electron chi connectivity index (χ0n) is 15.2. The predicted octanol–water partition coefficient (Wildman–Crippen LogP) is 2.55. The summed E-state index contributed by atoms with van der Waals surface area (Å²) in [6, 6.07) is 0.286. The Morgan fingerprint density at radius 3 is 2.63 bits per heavy atom. The van der Waals surface area contributed by atoms with E-state index in [-0.39, 0.29) is 23.3 Å². The molecule has 7 nitrogen and oxygen atoms in total. The quantitative estimate of drug-likeness (QED) is 0.825. The van der Waals surface area contributed by atoms with Crippen molar-refractivity contribution in [1.29, 1.82) is 0 Å². The van der Waals surface area contributed by atoms with Crippen LogP contribution in [0.5, 0.6) is 0 Å². The first-order valence-corrected chi connectivity index (χ1v) is 10.4. The molecule has 1 atom stereocenters. The lowest BCUT2D eigenvalue weighted by molar-refractivity contribution is -0.0154. The molecule has 4 bridgehead atoms. The maximum atomic E-state index is 12.5. The number of rotatable bonds is 3. The second-order valence-corrected chi connectivity index (χ2v) is 9.14. The highest BCUT2D eigenvalue weighted by molar-refractivity contribution is 6.33. The molecule has 1 saturated heterocycles. The Morgan fingerprint density at radius 2 is 1.93 bits per heavy atom. The Labute approximate surface area is 162 Å². The van der Waals surface area contributed by atoms with Crippen LogP contribution in [-0.2, 0) is 4.74 Å². The molecule has 2 heterocycles. The number of carbonyl (C=O) groups excluding carboxylic acids is 1. The molecule has 1 aromatic rings. The van der Waals surface area contributed by atoms with Crippen LogP contribution in [0.4, 0.5) is 10.5 Å². The van der Waals surface area contributed by atoms with Crippen LogP contribution in [0.2, 0.25) is 5.02 Å². The molecule has 4 saturated carbocycles. The number of aromatic nitrogens is 2. The minimum absolute atomic E-state index is 0.128. The fourth-order valence-electron chi connectivity index (χ4n) is 6.12. The van der Waals surface area contributed by atoms with Crippen LogP contribution in [0.3, 0.4) is 0 Å². The molecule has 0 aromatic carbocycles. The normalized spacial score (nSPS) is 36.9. The predicted molar refractivity (Wildman–Crippen MR) is 101 cm³/mol. The van der Waals surface area contributed by atoms with Crippen LogP contribution < -0.4 is 15.8 Å². The van der Waals surface area contributed by atoms with Crippen molar-refractivity contribution in [3.8, 4) is 0 Å². The number of hydrogen-bond donors (Lipinski definition) is 2. The van der Waals surface area contributed by atoms with E-state index in [1.54, 1.807) is 6.20 Å². The van der Waals surface area contributed by atoms with Gasteiger partial charge in [-0.25, -0.2) is 9.89 Å². The van der Waals surface area contributed by atoms with Gasteiger partial charge < -0.3 is 15.0 Å². The van der Waals surface area contributed by atoms with Crippen molar-refractivity contribution in [2.45, 2.75) is 50.7 Å². The number of carbonyl (C=O) groups is 1. The van der Waals surface area contributed by atoms with Gasteiger partial charge in [0.25, 0.3) is 5.56 Å². The van der Waals surface area contributed by atoms with Crippen LogP contribution in [0.25, 0.3) is 0 Å². The maximum Gasteiger partial charge on any atom is 0.407 e. The number of H-pyrrole nitrogens is 1. The third kappa shape index (κ3) is 3.20. The Bertz CT molecular complexity index is 769. The summed E-state index contributed by atoms with van der Waals surface area (Å²) in [5.74, 6) is 3.04. The number of ether oxygens (including phenoxy) is 1. The van der Waals surface area contributed by atoms with Crippen LogP contribution in [0.15, 0.2) is 11.0 Å². The second kappa shape index (κ2) is 6.69. The molecule has 4 aliphatic carbocycles. The minimum atomic E-state index is -0.404. The van der Waals surface area contributed by atoms with Gasteiger partial charge in [0.15, 0.2) is 0 Å². The van der Waals surface area contributed by atoms with Crippen molar-refractivity contribution < 1.29 is 9.53 Å². The topological polar surface area (TPSA) is 87.3 Å². The second-order valence-electron chi connectivity index (χ2n) is 8.76. The molecule has 8 heteroatoms. The van der Waals surface area contributed by atoms with E-state index in [1.165, 1.54) is 32.1 Å². The van der Waals surface area contributed by atoms with Crippen LogP contribution >= 0.6 is 11.6 Å². The third-order valence-electron chi connectivity index (χ3n) is 7.05. The van der Waals surface area contributed by atoms with Crippen molar-refractivity contribution in [2.75, 3.05) is 18.0 Å². The average Bonchev–Trinajstić information content (AvgIpc) is 3.08. The Morgan fingerprint density at radius 1 is 1.22 bits per heavy atom. The van der Waals surface area contributed by atoms with Gasteiger partial charge in [0.2, 0.25) is 0 Å². The fourth-order valence-corrected chi connectivity index (χ4v) is 6.33. The van der Waals surface area contributed by atoms with Gasteiger partial charge in [0, 0.05) is 19.0 Å². The number of nitrogens with zero attached hydrogens (tertiary/aromatic N) is 2. The Balaban J connectivity index is 1.18. The standard InChI is InChI=1S/C19H25ClN4O3/c20-16-15(8-21-23-18(16)25)24-2-1-14(9-24)27-19(26)22-17-12-4-10-3-11(6-12)7-13(17)5-10/h8,10-14,17H,1-7,9H2,(H,22,26)(H,23,25). The lowest BCUT2D eigenvalue weighted by Gasteiger charge is -2.54. The highest BCUT2D eigenvalue weighted by Crippen LogP contribution is 2.53. The first-order chi connectivity index (χ1) is 13.1. The van der Waals surface area contributed by atoms with Crippen LogP contribution in [0.1, 0.15) is 38.5 Å². The van der Waals surface area contributed by atoms with E-state index in [0.717, 1.165) is 18.3 Å². The summed E-state index contributed by atoms with van der Waals surface area (Å²) in [5.41, 5.74) is 0.186. The van der Waals surface area contributed by atoms with E-state index in [0.29, 0.717) is 30.6 Å². The van der Waals surface area contributed by atoms with E-state index in [9.17, 15) is 9.59 Å². The van der Waals surface area contributed by atoms with Gasteiger partial charge in [-0.1, -0.05) is 11.6 Å². The largest absolute Gasteiger partial charge is 0.444 e.